The molecule has 0 aliphatic heterocycles. The van der Waals surface area contributed by atoms with Crippen molar-refractivity contribution >= 4 is 34.0 Å². The number of ether oxygens (including phenoxy) is 1. The maximum absolute atomic E-state index is 13.7. The second-order valence-corrected chi connectivity index (χ2v) is 8.71. The van der Waals surface area contributed by atoms with E-state index in [0.717, 1.165) is 6.07 Å². The van der Waals surface area contributed by atoms with Crippen molar-refractivity contribution in [2.24, 2.45) is 0 Å². The molecule has 0 saturated carbocycles. The van der Waals surface area contributed by atoms with Crippen LogP contribution >= 0.6 is 0 Å². The number of carbonyl (C=O) groups is 2. The standard InChI is InChI=1S/C30H22F4N2O4/c1-17(37)7-8-18-9-12-27(40-2)23(13-18)29(39)36-26-15-20-6-4-3-5-19(20)14-22(26)28(38)35-21-10-11-25(31)24(16-21)30(32,33)34/h3-6,9-17,37H,1-2H3,(H,35,38)(H,36,39). The monoisotopic (exact) mass is 550 g/mol. The maximum Gasteiger partial charge on any atom is 0.419 e. The van der Waals surface area contributed by atoms with E-state index in [0.29, 0.717) is 28.5 Å². The van der Waals surface area contributed by atoms with Gasteiger partial charge < -0.3 is 20.5 Å². The minimum Gasteiger partial charge on any atom is -0.496 e. The van der Waals surface area contributed by atoms with Gasteiger partial charge in [-0.25, -0.2) is 4.39 Å². The van der Waals surface area contributed by atoms with Crippen molar-refractivity contribution < 1.29 is 37.0 Å². The Morgan fingerprint density at radius 3 is 2.23 bits per heavy atom. The fourth-order valence-corrected chi connectivity index (χ4v) is 3.89. The van der Waals surface area contributed by atoms with E-state index in [9.17, 15) is 32.3 Å². The summed E-state index contributed by atoms with van der Waals surface area (Å²) in [6.07, 6.45) is -5.84. The molecule has 0 saturated heterocycles. The van der Waals surface area contributed by atoms with Gasteiger partial charge in [0.2, 0.25) is 0 Å². The van der Waals surface area contributed by atoms with Crippen molar-refractivity contribution in [3.05, 3.63) is 101 Å². The molecule has 0 heterocycles. The maximum atomic E-state index is 13.7. The van der Waals surface area contributed by atoms with Crippen LogP contribution in [0.25, 0.3) is 10.8 Å². The predicted molar refractivity (Wildman–Crippen MR) is 143 cm³/mol. The molecule has 40 heavy (non-hydrogen) atoms. The quantitative estimate of drug-likeness (QED) is 0.203. The van der Waals surface area contributed by atoms with Crippen LogP contribution in [0.4, 0.5) is 28.9 Å². The number of rotatable bonds is 5. The topological polar surface area (TPSA) is 87.7 Å². The largest absolute Gasteiger partial charge is 0.496 e. The molecule has 0 bridgehead atoms. The molecule has 1 unspecified atom stereocenters. The van der Waals surface area contributed by atoms with E-state index < -0.39 is 35.5 Å². The Labute approximate surface area is 226 Å². The number of methoxy groups -OCH3 is 1. The number of alkyl halides is 3. The molecule has 10 heteroatoms. The molecule has 4 aromatic carbocycles. The summed E-state index contributed by atoms with van der Waals surface area (Å²) in [4.78, 5) is 26.6. The summed E-state index contributed by atoms with van der Waals surface area (Å²) in [7, 11) is 1.38. The number of carbonyl (C=O) groups excluding carboxylic acids is 2. The third-order valence-corrected chi connectivity index (χ3v) is 5.78. The fourth-order valence-electron chi connectivity index (χ4n) is 3.89. The minimum atomic E-state index is -4.96. The zero-order valence-corrected chi connectivity index (χ0v) is 21.2. The zero-order chi connectivity index (χ0) is 29.0. The van der Waals surface area contributed by atoms with Gasteiger partial charge in [0.05, 0.1) is 29.5 Å². The van der Waals surface area contributed by atoms with Crippen molar-refractivity contribution in [2.75, 3.05) is 17.7 Å². The van der Waals surface area contributed by atoms with Crippen molar-refractivity contribution in [2.45, 2.75) is 19.2 Å². The summed E-state index contributed by atoms with van der Waals surface area (Å²) < 4.78 is 58.6. The van der Waals surface area contributed by atoms with Crippen LogP contribution < -0.4 is 15.4 Å². The van der Waals surface area contributed by atoms with E-state index in [1.165, 1.54) is 32.2 Å². The average molecular weight is 551 g/mol. The van der Waals surface area contributed by atoms with Gasteiger partial charge in [-0.1, -0.05) is 36.1 Å². The van der Waals surface area contributed by atoms with Crippen LogP contribution in [0.5, 0.6) is 5.75 Å². The van der Waals surface area contributed by atoms with Gasteiger partial charge in [0.1, 0.15) is 17.7 Å². The molecule has 4 rings (SSSR count). The van der Waals surface area contributed by atoms with Crippen molar-refractivity contribution in [1.82, 2.24) is 0 Å². The molecule has 1 atom stereocenters. The van der Waals surface area contributed by atoms with E-state index in [-0.39, 0.29) is 28.3 Å². The molecule has 3 N–H and O–H groups in total. The lowest BCUT2D eigenvalue weighted by molar-refractivity contribution is -0.139. The highest BCUT2D eigenvalue weighted by atomic mass is 19.4. The highest BCUT2D eigenvalue weighted by Crippen LogP contribution is 2.33. The molecule has 0 aromatic heterocycles. The Morgan fingerprint density at radius 2 is 1.57 bits per heavy atom. The van der Waals surface area contributed by atoms with Crippen LogP contribution in [-0.4, -0.2) is 30.1 Å². The van der Waals surface area contributed by atoms with Crippen LogP contribution in [0.2, 0.25) is 0 Å². The second kappa shape index (κ2) is 11.5. The number of aliphatic hydroxyl groups is 1. The van der Waals surface area contributed by atoms with E-state index in [2.05, 4.69) is 22.5 Å². The van der Waals surface area contributed by atoms with Crippen molar-refractivity contribution in [3.63, 3.8) is 0 Å². The predicted octanol–water partition coefficient (Wildman–Crippen LogP) is 6.24. The van der Waals surface area contributed by atoms with Gasteiger partial charge in [-0.15, -0.1) is 0 Å². The SMILES string of the molecule is COc1ccc(C#CC(C)O)cc1C(=O)Nc1cc2ccccc2cc1C(=O)Nc1ccc(F)c(C(F)(F)F)c1. The number of amides is 2. The van der Waals surface area contributed by atoms with Crippen LogP contribution in [-0.2, 0) is 6.18 Å². The van der Waals surface area contributed by atoms with E-state index in [1.807, 2.05) is 0 Å². The van der Waals surface area contributed by atoms with Gasteiger partial charge in [-0.3, -0.25) is 9.59 Å². The summed E-state index contributed by atoms with van der Waals surface area (Å²) in [6.45, 7) is 1.49. The number of aliphatic hydroxyl groups excluding tert-OH is 1. The first kappa shape index (κ1) is 28.1. The minimum absolute atomic E-state index is 0.0473. The van der Waals surface area contributed by atoms with Gasteiger partial charge in [0.25, 0.3) is 11.8 Å². The second-order valence-electron chi connectivity index (χ2n) is 8.71. The molecule has 0 aliphatic carbocycles. The summed E-state index contributed by atoms with van der Waals surface area (Å²) in [6, 6.07) is 16.7. The first-order chi connectivity index (χ1) is 19.0. The molecule has 6 nitrogen and oxygen atoms in total. The highest BCUT2D eigenvalue weighted by Gasteiger charge is 2.34. The van der Waals surface area contributed by atoms with E-state index in [4.69, 9.17) is 4.74 Å². The Bertz CT molecular complexity index is 1670. The lowest BCUT2D eigenvalue weighted by Gasteiger charge is -2.15. The molecule has 0 aliphatic rings. The molecule has 2 amide bonds. The average Bonchev–Trinajstić information content (AvgIpc) is 2.91. The lowest BCUT2D eigenvalue weighted by atomic mass is 10.0. The first-order valence-electron chi connectivity index (χ1n) is 11.9. The van der Waals surface area contributed by atoms with Gasteiger partial charge in [0, 0.05) is 11.3 Å². The Balaban J connectivity index is 1.73. The van der Waals surface area contributed by atoms with Crippen LogP contribution in [0.15, 0.2) is 72.8 Å². The van der Waals surface area contributed by atoms with Gasteiger partial charge in [0.15, 0.2) is 0 Å². The summed E-state index contributed by atoms with van der Waals surface area (Å²) >= 11 is 0. The molecule has 0 radical (unpaired) electrons. The number of halogens is 4. The van der Waals surface area contributed by atoms with Crippen LogP contribution in [0.3, 0.4) is 0 Å². The van der Waals surface area contributed by atoms with Crippen LogP contribution in [0, 0.1) is 17.7 Å². The van der Waals surface area contributed by atoms with Gasteiger partial charge >= 0.3 is 6.18 Å². The third-order valence-electron chi connectivity index (χ3n) is 5.78. The Hall–Kier alpha value is -4.88. The summed E-state index contributed by atoms with van der Waals surface area (Å²) in [5.74, 6) is 2.60. The van der Waals surface area contributed by atoms with Crippen LogP contribution in [0.1, 0.15) is 38.8 Å². The number of benzene rings is 4. The molecule has 204 valence electrons. The number of hydrogen-bond donors (Lipinski definition) is 3. The third kappa shape index (κ3) is 6.39. The zero-order valence-electron chi connectivity index (χ0n) is 21.2. The lowest BCUT2D eigenvalue weighted by Crippen LogP contribution is -2.19. The molecular weight excluding hydrogens is 528 g/mol. The summed E-state index contributed by atoms with van der Waals surface area (Å²) in [5.41, 5.74) is -1.26. The molecule has 4 aromatic rings. The Morgan fingerprint density at radius 1 is 0.900 bits per heavy atom. The molecule has 0 fully saturated rings. The van der Waals surface area contributed by atoms with Gasteiger partial charge in [-0.05, 0) is 66.2 Å². The fraction of sp³-hybridized carbons (Fsp3) is 0.133. The van der Waals surface area contributed by atoms with Crippen molar-refractivity contribution in [3.8, 4) is 17.6 Å². The Kier molecular flexibility index (Phi) is 8.07. The smallest absolute Gasteiger partial charge is 0.419 e. The summed E-state index contributed by atoms with van der Waals surface area (Å²) in [5, 5.41) is 15.8. The highest BCUT2D eigenvalue weighted by molar-refractivity contribution is 6.15. The van der Waals surface area contributed by atoms with E-state index in [1.54, 1.807) is 36.4 Å². The van der Waals surface area contributed by atoms with Gasteiger partial charge in [-0.2, -0.15) is 13.2 Å². The molecule has 0 spiro atoms. The number of hydrogen-bond acceptors (Lipinski definition) is 4. The molecular formula is C30H22F4N2O4. The normalized spacial score (nSPS) is 11.8. The number of nitrogens with one attached hydrogen (secondary N) is 2. The number of fused-ring (bicyclic) bond motifs is 1. The van der Waals surface area contributed by atoms with Crippen molar-refractivity contribution in [1.29, 1.82) is 0 Å². The van der Waals surface area contributed by atoms with E-state index >= 15 is 0 Å². The number of anilines is 2. The first-order valence-corrected chi connectivity index (χ1v) is 11.9.